The van der Waals surface area contributed by atoms with Crippen molar-refractivity contribution in [2.45, 2.75) is 25.9 Å². The van der Waals surface area contributed by atoms with E-state index in [1.165, 1.54) is 12.1 Å². The van der Waals surface area contributed by atoms with Gasteiger partial charge in [0.2, 0.25) is 0 Å². The van der Waals surface area contributed by atoms with Crippen LogP contribution in [0.5, 0.6) is 0 Å². The van der Waals surface area contributed by atoms with Crippen molar-refractivity contribution < 1.29 is 9.50 Å². The molecule has 0 saturated carbocycles. The summed E-state index contributed by atoms with van der Waals surface area (Å²) < 4.78 is 13.3. The number of rotatable bonds is 8. The largest absolute Gasteiger partial charge is 0.391 e. The number of aliphatic imine (C=N–C) groups is 1. The third-order valence-electron chi connectivity index (χ3n) is 4.53. The van der Waals surface area contributed by atoms with Crippen molar-refractivity contribution in [3.63, 3.8) is 0 Å². The Hall–Kier alpha value is -2.13. The number of halogens is 2. The van der Waals surface area contributed by atoms with Gasteiger partial charge in [0.25, 0.3) is 0 Å². The summed E-state index contributed by atoms with van der Waals surface area (Å²) >= 11 is 0. The number of benzene rings is 2. The topological polar surface area (TPSA) is 72.4 Å². The summed E-state index contributed by atoms with van der Waals surface area (Å²) in [5.74, 6) is 0.440. The molecule has 0 bridgehead atoms. The van der Waals surface area contributed by atoms with Gasteiger partial charge in [-0.3, -0.25) is 4.99 Å². The maximum atomic E-state index is 13.3. The molecule has 2 aromatic carbocycles. The SMILES string of the molecule is CCNC(=NCC(O)Cc1ccccc1)NCCc1c[nH]c2cc(F)ccc12.I. The first kappa shape index (κ1) is 23.2. The third-order valence-corrected chi connectivity index (χ3v) is 4.53. The van der Waals surface area contributed by atoms with Crippen LogP contribution in [-0.4, -0.2) is 41.8 Å². The minimum Gasteiger partial charge on any atom is -0.391 e. The van der Waals surface area contributed by atoms with Crippen molar-refractivity contribution in [3.8, 4) is 0 Å². The Morgan fingerprint density at radius 2 is 1.97 bits per heavy atom. The second-order valence-electron chi connectivity index (χ2n) is 6.74. The zero-order valence-electron chi connectivity index (χ0n) is 16.5. The lowest BCUT2D eigenvalue weighted by molar-refractivity contribution is 0.183. The number of guanidine groups is 1. The lowest BCUT2D eigenvalue weighted by Crippen LogP contribution is -2.39. The number of hydrogen-bond donors (Lipinski definition) is 4. The van der Waals surface area contributed by atoms with E-state index in [0.29, 0.717) is 25.5 Å². The zero-order valence-corrected chi connectivity index (χ0v) is 18.8. The van der Waals surface area contributed by atoms with Crippen molar-refractivity contribution in [2.24, 2.45) is 4.99 Å². The summed E-state index contributed by atoms with van der Waals surface area (Å²) in [6.07, 6.45) is 2.75. The van der Waals surface area contributed by atoms with Crippen molar-refractivity contribution in [3.05, 3.63) is 71.7 Å². The first-order valence-electron chi connectivity index (χ1n) is 9.65. The van der Waals surface area contributed by atoms with Crippen LogP contribution in [0, 0.1) is 5.82 Å². The molecule has 4 N–H and O–H groups in total. The Labute approximate surface area is 187 Å². The van der Waals surface area contributed by atoms with Gasteiger partial charge in [0.15, 0.2) is 5.96 Å². The first-order valence-corrected chi connectivity index (χ1v) is 9.65. The molecule has 0 fully saturated rings. The van der Waals surface area contributed by atoms with Gasteiger partial charge in [-0.1, -0.05) is 30.3 Å². The summed E-state index contributed by atoms with van der Waals surface area (Å²) in [4.78, 5) is 7.60. The Bertz CT molecular complexity index is 914. The minimum absolute atomic E-state index is 0. The molecule has 0 aliphatic rings. The first-order chi connectivity index (χ1) is 13.7. The number of aromatic nitrogens is 1. The standard InChI is InChI=1S/C22H27FN4O.HI/c1-2-24-22(27-15-19(28)12-16-6-4-3-5-7-16)25-11-10-17-14-26-21-13-18(23)8-9-20(17)21;/h3-9,13-14,19,26,28H,2,10-12,15H2,1H3,(H2,24,25,27);1H. The van der Waals surface area contributed by atoms with Gasteiger partial charge in [0.05, 0.1) is 12.6 Å². The molecule has 3 aromatic rings. The smallest absolute Gasteiger partial charge is 0.191 e. The average Bonchev–Trinajstić information content (AvgIpc) is 3.09. The molecule has 29 heavy (non-hydrogen) atoms. The molecule has 7 heteroatoms. The van der Waals surface area contributed by atoms with Crippen molar-refractivity contribution in [2.75, 3.05) is 19.6 Å². The van der Waals surface area contributed by atoms with E-state index in [1.807, 2.05) is 43.5 Å². The van der Waals surface area contributed by atoms with Crippen molar-refractivity contribution >= 4 is 40.8 Å². The second kappa shape index (κ2) is 11.8. The summed E-state index contributed by atoms with van der Waals surface area (Å²) in [7, 11) is 0. The average molecular weight is 510 g/mol. The maximum absolute atomic E-state index is 13.3. The lowest BCUT2D eigenvalue weighted by Gasteiger charge is -2.13. The molecule has 3 rings (SSSR count). The van der Waals surface area contributed by atoms with E-state index in [9.17, 15) is 9.50 Å². The molecule has 0 aliphatic carbocycles. The van der Waals surface area contributed by atoms with Crippen molar-refractivity contribution in [1.29, 1.82) is 0 Å². The van der Waals surface area contributed by atoms with Gasteiger partial charge in [-0.05, 0) is 42.7 Å². The number of aliphatic hydroxyl groups excluding tert-OH is 1. The van der Waals surface area contributed by atoms with Crippen LogP contribution in [0.15, 0.2) is 59.7 Å². The van der Waals surface area contributed by atoms with Gasteiger partial charge in [0, 0.05) is 36.6 Å². The fourth-order valence-electron chi connectivity index (χ4n) is 3.17. The molecule has 156 valence electrons. The number of aromatic amines is 1. The molecule has 1 atom stereocenters. The number of fused-ring (bicyclic) bond motifs is 1. The second-order valence-corrected chi connectivity index (χ2v) is 6.74. The van der Waals surface area contributed by atoms with E-state index in [4.69, 9.17) is 0 Å². The minimum atomic E-state index is -0.527. The van der Waals surface area contributed by atoms with Gasteiger partial charge in [-0.2, -0.15) is 0 Å². The van der Waals surface area contributed by atoms with Crippen LogP contribution in [0.1, 0.15) is 18.1 Å². The van der Waals surface area contributed by atoms with E-state index in [-0.39, 0.29) is 29.8 Å². The fourth-order valence-corrected chi connectivity index (χ4v) is 3.17. The number of hydrogen-bond acceptors (Lipinski definition) is 2. The molecule has 0 saturated heterocycles. The molecule has 1 aromatic heterocycles. The molecule has 0 amide bonds. The van der Waals surface area contributed by atoms with Gasteiger partial charge in [-0.15, -0.1) is 24.0 Å². The lowest BCUT2D eigenvalue weighted by atomic mass is 10.1. The number of nitrogens with one attached hydrogen (secondary N) is 3. The molecular weight excluding hydrogens is 482 g/mol. The van der Waals surface area contributed by atoms with E-state index in [0.717, 1.165) is 35.0 Å². The van der Waals surface area contributed by atoms with Gasteiger partial charge in [0.1, 0.15) is 5.82 Å². The number of H-pyrrole nitrogens is 1. The van der Waals surface area contributed by atoms with Crippen LogP contribution in [-0.2, 0) is 12.8 Å². The van der Waals surface area contributed by atoms with Crippen LogP contribution < -0.4 is 10.6 Å². The molecule has 1 unspecified atom stereocenters. The van der Waals surface area contributed by atoms with E-state index >= 15 is 0 Å². The van der Waals surface area contributed by atoms with Gasteiger partial charge >= 0.3 is 0 Å². The van der Waals surface area contributed by atoms with Crippen LogP contribution in [0.3, 0.4) is 0 Å². The van der Waals surface area contributed by atoms with Crippen LogP contribution >= 0.6 is 24.0 Å². The molecule has 1 heterocycles. The summed E-state index contributed by atoms with van der Waals surface area (Å²) in [6.45, 7) is 3.76. The van der Waals surface area contributed by atoms with E-state index < -0.39 is 6.10 Å². The molecule has 0 radical (unpaired) electrons. The summed E-state index contributed by atoms with van der Waals surface area (Å²) in [5.41, 5.74) is 3.03. The summed E-state index contributed by atoms with van der Waals surface area (Å²) in [5, 5.41) is 17.8. The monoisotopic (exact) mass is 510 g/mol. The van der Waals surface area contributed by atoms with Gasteiger partial charge in [-0.25, -0.2) is 4.39 Å². The number of nitrogens with zero attached hydrogens (tertiary/aromatic N) is 1. The molecular formula is C22H28FIN4O. The highest BCUT2D eigenvalue weighted by molar-refractivity contribution is 14.0. The quantitative estimate of drug-likeness (QED) is 0.213. The van der Waals surface area contributed by atoms with Crippen LogP contribution in [0.4, 0.5) is 4.39 Å². The van der Waals surface area contributed by atoms with E-state index in [2.05, 4.69) is 20.6 Å². The third kappa shape index (κ3) is 7.01. The maximum Gasteiger partial charge on any atom is 0.191 e. The van der Waals surface area contributed by atoms with E-state index in [1.54, 1.807) is 6.07 Å². The Kier molecular flexibility index (Phi) is 9.40. The number of aliphatic hydroxyl groups is 1. The fraction of sp³-hybridized carbons (Fsp3) is 0.318. The predicted octanol–water partition coefficient (Wildman–Crippen LogP) is 3.63. The zero-order chi connectivity index (χ0) is 19.8. The Morgan fingerprint density at radius 1 is 1.17 bits per heavy atom. The van der Waals surface area contributed by atoms with Crippen LogP contribution in [0.2, 0.25) is 0 Å². The molecule has 0 aliphatic heterocycles. The molecule has 0 spiro atoms. The predicted molar refractivity (Wildman–Crippen MR) is 128 cm³/mol. The highest BCUT2D eigenvalue weighted by Gasteiger charge is 2.07. The van der Waals surface area contributed by atoms with Crippen molar-refractivity contribution in [1.82, 2.24) is 15.6 Å². The highest BCUT2D eigenvalue weighted by Crippen LogP contribution is 2.19. The Morgan fingerprint density at radius 3 is 2.72 bits per heavy atom. The Balaban J connectivity index is 0.00000300. The van der Waals surface area contributed by atoms with Gasteiger partial charge < -0.3 is 20.7 Å². The highest BCUT2D eigenvalue weighted by atomic mass is 127. The molecule has 5 nitrogen and oxygen atoms in total. The summed E-state index contributed by atoms with van der Waals surface area (Å²) in [6, 6.07) is 14.7. The normalized spacial score (nSPS) is 12.4. The van der Waals surface area contributed by atoms with Crippen LogP contribution in [0.25, 0.3) is 10.9 Å².